The van der Waals surface area contributed by atoms with E-state index in [4.69, 9.17) is 4.74 Å². The summed E-state index contributed by atoms with van der Waals surface area (Å²) < 4.78 is 18.6. The molecule has 100 valence electrons. The number of hydrogen-bond donors (Lipinski definition) is 1. The predicted molar refractivity (Wildman–Crippen MR) is 75.6 cm³/mol. The Labute approximate surface area is 122 Å². The molecule has 0 fully saturated rings. The SMILES string of the molecule is COCC(Br)CCNC(=O)c1cc(F)ccc1Br. The van der Waals surface area contributed by atoms with Crippen LogP contribution in [-0.4, -0.2) is 31.0 Å². The van der Waals surface area contributed by atoms with Crippen molar-refractivity contribution in [1.29, 1.82) is 0 Å². The highest BCUT2D eigenvalue weighted by molar-refractivity contribution is 9.10. The maximum absolute atomic E-state index is 13.0. The Morgan fingerprint density at radius 2 is 2.28 bits per heavy atom. The second-order valence-corrected chi connectivity index (χ2v) is 5.87. The first-order valence-electron chi connectivity index (χ1n) is 5.41. The molecule has 1 unspecified atom stereocenters. The summed E-state index contributed by atoms with van der Waals surface area (Å²) >= 11 is 6.64. The number of carbonyl (C=O) groups is 1. The van der Waals surface area contributed by atoms with Gasteiger partial charge < -0.3 is 10.1 Å². The standard InChI is InChI=1S/C12H14Br2FNO2/c1-18-7-8(13)4-5-16-12(17)10-6-9(15)2-3-11(10)14/h2-3,6,8H,4-5,7H2,1H3,(H,16,17). The van der Waals surface area contributed by atoms with Gasteiger partial charge in [-0.15, -0.1) is 0 Å². The topological polar surface area (TPSA) is 38.3 Å². The Balaban J connectivity index is 2.48. The molecule has 6 heteroatoms. The van der Waals surface area contributed by atoms with Gasteiger partial charge in [-0.25, -0.2) is 4.39 Å². The number of benzene rings is 1. The van der Waals surface area contributed by atoms with Crippen molar-refractivity contribution < 1.29 is 13.9 Å². The van der Waals surface area contributed by atoms with Gasteiger partial charge in [-0.1, -0.05) is 15.9 Å². The van der Waals surface area contributed by atoms with Gasteiger partial charge in [-0.05, 0) is 40.5 Å². The fourth-order valence-electron chi connectivity index (χ4n) is 1.37. The molecule has 0 saturated carbocycles. The first-order valence-corrected chi connectivity index (χ1v) is 7.11. The lowest BCUT2D eigenvalue weighted by Crippen LogP contribution is -2.27. The number of hydrogen-bond acceptors (Lipinski definition) is 2. The van der Waals surface area contributed by atoms with E-state index in [-0.39, 0.29) is 10.7 Å². The first kappa shape index (κ1) is 15.6. The average Bonchev–Trinajstić information content (AvgIpc) is 2.32. The van der Waals surface area contributed by atoms with Crippen LogP contribution in [0.2, 0.25) is 0 Å². The molecule has 1 atom stereocenters. The van der Waals surface area contributed by atoms with Crippen molar-refractivity contribution in [3.63, 3.8) is 0 Å². The third kappa shape index (κ3) is 5.04. The van der Waals surface area contributed by atoms with E-state index in [1.165, 1.54) is 18.2 Å². The summed E-state index contributed by atoms with van der Waals surface area (Å²) in [6.07, 6.45) is 0.743. The summed E-state index contributed by atoms with van der Waals surface area (Å²) in [5.74, 6) is -0.723. The van der Waals surface area contributed by atoms with Crippen LogP contribution in [0.3, 0.4) is 0 Å². The molecule has 0 spiro atoms. The number of amides is 1. The van der Waals surface area contributed by atoms with Crippen molar-refractivity contribution in [2.75, 3.05) is 20.3 Å². The number of carbonyl (C=O) groups excluding carboxylic acids is 1. The Hall–Kier alpha value is -0.460. The van der Waals surface area contributed by atoms with E-state index in [0.29, 0.717) is 23.2 Å². The van der Waals surface area contributed by atoms with Crippen LogP contribution < -0.4 is 5.32 Å². The summed E-state index contributed by atoms with van der Waals surface area (Å²) in [6.45, 7) is 1.08. The van der Waals surface area contributed by atoms with Gasteiger partial charge in [-0.3, -0.25) is 4.79 Å². The lowest BCUT2D eigenvalue weighted by molar-refractivity contribution is 0.0950. The third-order valence-electron chi connectivity index (χ3n) is 2.26. The van der Waals surface area contributed by atoms with Gasteiger partial charge in [0.1, 0.15) is 5.82 Å². The second-order valence-electron chi connectivity index (χ2n) is 3.72. The lowest BCUT2D eigenvalue weighted by Gasteiger charge is -2.10. The van der Waals surface area contributed by atoms with E-state index >= 15 is 0 Å². The van der Waals surface area contributed by atoms with E-state index in [9.17, 15) is 9.18 Å². The molecule has 3 nitrogen and oxygen atoms in total. The normalized spacial score (nSPS) is 12.2. The lowest BCUT2D eigenvalue weighted by atomic mass is 10.2. The van der Waals surface area contributed by atoms with Gasteiger partial charge in [0.15, 0.2) is 0 Å². The highest BCUT2D eigenvalue weighted by Gasteiger charge is 2.11. The Kier molecular flexibility index (Phi) is 6.81. The smallest absolute Gasteiger partial charge is 0.252 e. The number of halogens is 3. The Morgan fingerprint density at radius 3 is 2.94 bits per heavy atom. The second kappa shape index (κ2) is 7.86. The van der Waals surface area contributed by atoms with Gasteiger partial charge in [-0.2, -0.15) is 0 Å². The van der Waals surface area contributed by atoms with Crippen molar-refractivity contribution in [3.05, 3.63) is 34.1 Å². The molecule has 1 rings (SSSR count). The van der Waals surface area contributed by atoms with E-state index in [0.717, 1.165) is 6.42 Å². The molecule has 1 N–H and O–H groups in total. The van der Waals surface area contributed by atoms with Gasteiger partial charge in [0.2, 0.25) is 0 Å². The Morgan fingerprint density at radius 1 is 1.56 bits per heavy atom. The van der Waals surface area contributed by atoms with Crippen LogP contribution in [0.15, 0.2) is 22.7 Å². The van der Waals surface area contributed by atoms with E-state index in [1.807, 2.05) is 0 Å². The van der Waals surface area contributed by atoms with Gasteiger partial charge in [0.05, 0.1) is 12.2 Å². The minimum atomic E-state index is -0.430. The molecular weight excluding hydrogens is 369 g/mol. The zero-order chi connectivity index (χ0) is 13.5. The molecule has 1 aromatic rings. The maximum atomic E-state index is 13.0. The zero-order valence-corrected chi connectivity index (χ0v) is 13.1. The van der Waals surface area contributed by atoms with Gasteiger partial charge >= 0.3 is 0 Å². The minimum Gasteiger partial charge on any atom is -0.384 e. The summed E-state index contributed by atoms with van der Waals surface area (Å²) in [4.78, 5) is 12.0. The molecule has 0 aliphatic rings. The van der Waals surface area contributed by atoms with Gasteiger partial charge in [0.25, 0.3) is 5.91 Å². The third-order valence-corrected chi connectivity index (χ3v) is 3.68. The molecule has 0 bridgehead atoms. The van der Waals surface area contributed by atoms with Crippen LogP contribution in [0.1, 0.15) is 16.8 Å². The quantitative estimate of drug-likeness (QED) is 0.767. The minimum absolute atomic E-state index is 0.193. The fourth-order valence-corrected chi connectivity index (χ4v) is 2.29. The maximum Gasteiger partial charge on any atom is 0.252 e. The molecule has 0 saturated heterocycles. The van der Waals surface area contributed by atoms with Crippen molar-refractivity contribution in [1.82, 2.24) is 5.32 Å². The van der Waals surface area contributed by atoms with E-state index in [1.54, 1.807) is 7.11 Å². The number of methoxy groups -OCH3 is 1. The van der Waals surface area contributed by atoms with Crippen LogP contribution in [0.5, 0.6) is 0 Å². The summed E-state index contributed by atoms with van der Waals surface area (Å²) in [5, 5.41) is 2.74. The van der Waals surface area contributed by atoms with Crippen molar-refractivity contribution >= 4 is 37.8 Å². The molecule has 0 aliphatic carbocycles. The number of ether oxygens (including phenoxy) is 1. The van der Waals surface area contributed by atoms with E-state index in [2.05, 4.69) is 37.2 Å². The Bertz CT molecular complexity index is 415. The van der Waals surface area contributed by atoms with Gasteiger partial charge in [0, 0.05) is 23.0 Å². The largest absolute Gasteiger partial charge is 0.384 e. The van der Waals surface area contributed by atoms with Crippen molar-refractivity contribution in [2.24, 2.45) is 0 Å². The first-order chi connectivity index (χ1) is 8.54. The van der Waals surface area contributed by atoms with Crippen LogP contribution in [0, 0.1) is 5.82 Å². The highest BCUT2D eigenvalue weighted by Crippen LogP contribution is 2.17. The summed E-state index contributed by atoms with van der Waals surface area (Å²) in [5.41, 5.74) is 0.299. The number of nitrogens with one attached hydrogen (secondary N) is 1. The van der Waals surface area contributed by atoms with Crippen molar-refractivity contribution in [2.45, 2.75) is 11.2 Å². The highest BCUT2D eigenvalue weighted by atomic mass is 79.9. The molecule has 1 amide bonds. The van der Waals surface area contributed by atoms with Crippen molar-refractivity contribution in [3.8, 4) is 0 Å². The predicted octanol–water partition coefficient (Wildman–Crippen LogP) is 3.12. The molecule has 18 heavy (non-hydrogen) atoms. The van der Waals surface area contributed by atoms with Crippen LogP contribution in [-0.2, 0) is 4.74 Å². The molecule has 1 aromatic carbocycles. The number of alkyl halides is 1. The number of rotatable bonds is 6. The molecule has 0 aliphatic heterocycles. The van der Waals surface area contributed by atoms with Crippen LogP contribution in [0.4, 0.5) is 4.39 Å². The molecule has 0 heterocycles. The average molecular weight is 383 g/mol. The summed E-state index contributed by atoms with van der Waals surface area (Å²) in [7, 11) is 1.62. The van der Waals surface area contributed by atoms with Crippen LogP contribution >= 0.6 is 31.9 Å². The zero-order valence-electron chi connectivity index (χ0n) is 9.88. The van der Waals surface area contributed by atoms with E-state index < -0.39 is 5.82 Å². The van der Waals surface area contributed by atoms with Crippen LogP contribution in [0.25, 0.3) is 0 Å². The summed E-state index contributed by atoms with van der Waals surface area (Å²) in [6, 6.07) is 4.02. The molecular formula is C12H14Br2FNO2. The monoisotopic (exact) mass is 381 g/mol. The molecule has 0 radical (unpaired) electrons. The fraction of sp³-hybridized carbons (Fsp3) is 0.417. The molecule has 0 aromatic heterocycles.